The van der Waals surface area contributed by atoms with Gasteiger partial charge in [0.1, 0.15) is 5.75 Å². The van der Waals surface area contributed by atoms with E-state index in [0.29, 0.717) is 11.5 Å². The molecule has 98 valence electrons. The van der Waals surface area contributed by atoms with Crippen molar-refractivity contribution in [1.29, 1.82) is 0 Å². The molecule has 1 N–H and O–H groups in total. The molecule has 0 bridgehead atoms. The highest BCUT2D eigenvalue weighted by Gasteiger charge is 2.40. The van der Waals surface area contributed by atoms with Crippen LogP contribution in [-0.2, 0) is 0 Å². The molecule has 1 unspecified atom stereocenters. The molecule has 3 heteroatoms. The lowest BCUT2D eigenvalue weighted by Crippen LogP contribution is -2.31. The molecule has 2 aliphatic rings. The maximum Gasteiger partial charge on any atom is 0.124 e. The van der Waals surface area contributed by atoms with E-state index in [-0.39, 0.29) is 0 Å². The molecule has 1 aromatic carbocycles. The van der Waals surface area contributed by atoms with Crippen LogP contribution in [0.25, 0.3) is 0 Å². The zero-order chi connectivity index (χ0) is 12.6. The molecular weight excluding hydrogens is 290 g/mol. The van der Waals surface area contributed by atoms with Crippen molar-refractivity contribution in [2.45, 2.75) is 38.6 Å². The van der Waals surface area contributed by atoms with Crippen LogP contribution >= 0.6 is 15.9 Å². The molecule has 1 aromatic rings. The predicted molar refractivity (Wildman–Crippen MR) is 77.0 cm³/mol. The smallest absolute Gasteiger partial charge is 0.124 e. The first-order chi connectivity index (χ1) is 8.72. The molecule has 1 atom stereocenters. The van der Waals surface area contributed by atoms with Crippen LogP contribution < -0.4 is 10.1 Å². The topological polar surface area (TPSA) is 21.3 Å². The van der Waals surface area contributed by atoms with Crippen molar-refractivity contribution in [3.8, 4) is 5.75 Å². The summed E-state index contributed by atoms with van der Waals surface area (Å²) < 4.78 is 6.86. The van der Waals surface area contributed by atoms with Crippen molar-refractivity contribution in [2.75, 3.05) is 13.2 Å². The summed E-state index contributed by atoms with van der Waals surface area (Å²) in [4.78, 5) is 0. The Morgan fingerprint density at radius 1 is 1.44 bits per heavy atom. The summed E-state index contributed by atoms with van der Waals surface area (Å²) in [6, 6.07) is 6.77. The second kappa shape index (κ2) is 4.86. The first kappa shape index (κ1) is 12.5. The highest BCUT2D eigenvalue weighted by Crippen LogP contribution is 2.48. The highest BCUT2D eigenvalue weighted by atomic mass is 79.9. The van der Waals surface area contributed by atoms with E-state index in [0.717, 1.165) is 29.8 Å². The van der Waals surface area contributed by atoms with Crippen molar-refractivity contribution >= 4 is 15.9 Å². The van der Waals surface area contributed by atoms with Gasteiger partial charge in [0.15, 0.2) is 0 Å². The quantitative estimate of drug-likeness (QED) is 0.906. The number of benzene rings is 1. The molecule has 0 radical (unpaired) electrons. The Hall–Kier alpha value is -0.540. The number of fused-ring (bicyclic) bond motifs is 1. The van der Waals surface area contributed by atoms with E-state index < -0.39 is 0 Å². The molecule has 1 aliphatic heterocycles. The Morgan fingerprint density at radius 3 is 3.00 bits per heavy atom. The van der Waals surface area contributed by atoms with Crippen LogP contribution in [0.3, 0.4) is 0 Å². The normalized spacial score (nSPS) is 24.2. The summed E-state index contributed by atoms with van der Waals surface area (Å²) >= 11 is 3.55. The van der Waals surface area contributed by atoms with Crippen molar-refractivity contribution < 1.29 is 4.74 Å². The van der Waals surface area contributed by atoms with Crippen molar-refractivity contribution in [3.63, 3.8) is 0 Å². The maximum absolute atomic E-state index is 5.72. The molecular formula is C15H20BrNO. The van der Waals surface area contributed by atoms with Gasteiger partial charge < -0.3 is 10.1 Å². The first-order valence-corrected chi connectivity index (χ1v) is 7.67. The van der Waals surface area contributed by atoms with Crippen LogP contribution in [0.4, 0.5) is 0 Å². The molecule has 1 fully saturated rings. The fraction of sp³-hybridized carbons (Fsp3) is 0.600. The van der Waals surface area contributed by atoms with Crippen LogP contribution in [0.2, 0.25) is 0 Å². The maximum atomic E-state index is 5.72. The molecule has 0 saturated heterocycles. The van der Waals surface area contributed by atoms with Crippen LogP contribution in [0, 0.1) is 5.41 Å². The van der Waals surface area contributed by atoms with Crippen LogP contribution in [-0.4, -0.2) is 13.2 Å². The molecule has 1 aliphatic carbocycles. The lowest BCUT2D eigenvalue weighted by Gasteiger charge is -2.28. The van der Waals surface area contributed by atoms with E-state index in [2.05, 4.69) is 46.4 Å². The van der Waals surface area contributed by atoms with Gasteiger partial charge in [-0.2, -0.15) is 0 Å². The predicted octanol–water partition coefficient (Wildman–Crippen LogP) is 4.05. The second-order valence-electron chi connectivity index (χ2n) is 5.61. The minimum absolute atomic E-state index is 0.454. The third-order valence-electron chi connectivity index (χ3n) is 4.44. The minimum atomic E-state index is 0.454. The van der Waals surface area contributed by atoms with Gasteiger partial charge >= 0.3 is 0 Å². The lowest BCUT2D eigenvalue weighted by atomic mass is 9.98. The summed E-state index contributed by atoms with van der Waals surface area (Å²) in [6.45, 7) is 4.29. The van der Waals surface area contributed by atoms with Gasteiger partial charge in [0.2, 0.25) is 0 Å². The summed E-state index contributed by atoms with van der Waals surface area (Å²) in [7, 11) is 0. The summed E-state index contributed by atoms with van der Waals surface area (Å²) in [5.74, 6) is 1.04. The van der Waals surface area contributed by atoms with Crippen molar-refractivity contribution in [2.24, 2.45) is 5.41 Å². The highest BCUT2D eigenvalue weighted by molar-refractivity contribution is 9.10. The van der Waals surface area contributed by atoms with Gasteiger partial charge in [-0.25, -0.2) is 0 Å². The van der Waals surface area contributed by atoms with Gasteiger partial charge in [0, 0.05) is 29.0 Å². The minimum Gasteiger partial charge on any atom is -0.493 e. The Balaban J connectivity index is 1.72. The van der Waals surface area contributed by atoms with Crippen molar-refractivity contribution in [1.82, 2.24) is 5.32 Å². The van der Waals surface area contributed by atoms with E-state index in [9.17, 15) is 0 Å². The number of hydrogen-bond donors (Lipinski definition) is 1. The number of ether oxygens (including phenoxy) is 1. The average Bonchev–Trinajstić information content (AvgIpc) is 3.17. The SMILES string of the molecule is CCC1(CNC2CCOc3ccc(Br)cc32)CC1. The first-order valence-electron chi connectivity index (χ1n) is 6.88. The molecule has 0 amide bonds. The van der Waals surface area contributed by atoms with Gasteiger partial charge in [-0.15, -0.1) is 0 Å². The van der Waals surface area contributed by atoms with Gasteiger partial charge in [0.05, 0.1) is 6.61 Å². The third kappa shape index (κ3) is 2.43. The zero-order valence-electron chi connectivity index (χ0n) is 10.8. The van der Waals surface area contributed by atoms with Crippen LogP contribution in [0.1, 0.15) is 44.2 Å². The number of rotatable bonds is 4. The number of halogens is 1. The van der Waals surface area contributed by atoms with Gasteiger partial charge in [0.25, 0.3) is 0 Å². The lowest BCUT2D eigenvalue weighted by molar-refractivity contribution is 0.245. The summed E-state index contributed by atoms with van der Waals surface area (Å²) in [5.41, 5.74) is 1.91. The van der Waals surface area contributed by atoms with E-state index in [1.807, 2.05) is 0 Å². The zero-order valence-corrected chi connectivity index (χ0v) is 12.4. The number of hydrogen-bond acceptors (Lipinski definition) is 2. The fourth-order valence-corrected chi connectivity index (χ4v) is 3.13. The fourth-order valence-electron chi connectivity index (χ4n) is 2.75. The third-order valence-corrected chi connectivity index (χ3v) is 4.94. The molecule has 1 saturated carbocycles. The second-order valence-corrected chi connectivity index (χ2v) is 6.52. The number of nitrogens with one attached hydrogen (secondary N) is 1. The largest absolute Gasteiger partial charge is 0.493 e. The molecule has 0 aromatic heterocycles. The standard InChI is InChI=1S/C15H20BrNO/c1-2-15(6-7-15)10-17-13-5-8-18-14-4-3-11(16)9-12(13)14/h3-4,9,13,17H,2,5-8,10H2,1H3. The van der Waals surface area contributed by atoms with Crippen LogP contribution in [0.15, 0.2) is 22.7 Å². The molecule has 1 heterocycles. The van der Waals surface area contributed by atoms with E-state index in [1.165, 1.54) is 24.8 Å². The van der Waals surface area contributed by atoms with Gasteiger partial charge in [-0.05, 0) is 42.9 Å². The van der Waals surface area contributed by atoms with Gasteiger partial charge in [-0.3, -0.25) is 0 Å². The average molecular weight is 310 g/mol. The van der Waals surface area contributed by atoms with E-state index in [4.69, 9.17) is 4.74 Å². The summed E-state index contributed by atoms with van der Waals surface area (Å²) in [6.07, 6.45) is 5.16. The molecule has 3 rings (SSSR count). The Morgan fingerprint density at radius 2 is 2.28 bits per heavy atom. The molecule has 18 heavy (non-hydrogen) atoms. The summed E-state index contributed by atoms with van der Waals surface area (Å²) in [5, 5.41) is 3.76. The Kier molecular flexibility index (Phi) is 3.37. The monoisotopic (exact) mass is 309 g/mol. The van der Waals surface area contributed by atoms with E-state index >= 15 is 0 Å². The molecule has 0 spiro atoms. The Labute approximate surface area is 117 Å². The Bertz CT molecular complexity index is 442. The van der Waals surface area contributed by atoms with E-state index in [1.54, 1.807) is 0 Å². The molecule has 2 nitrogen and oxygen atoms in total. The van der Waals surface area contributed by atoms with Crippen molar-refractivity contribution in [3.05, 3.63) is 28.2 Å². The van der Waals surface area contributed by atoms with Gasteiger partial charge in [-0.1, -0.05) is 22.9 Å². The van der Waals surface area contributed by atoms with Crippen LogP contribution in [0.5, 0.6) is 5.75 Å².